The SMILES string of the molecule is CN(Cc1cccc(Br)c1)c1ccc(C=CC(=O)O)cc1. The number of rotatable bonds is 5. The maximum Gasteiger partial charge on any atom is 0.328 e. The molecule has 2 aromatic carbocycles. The second-order valence-electron chi connectivity index (χ2n) is 4.75. The molecule has 0 radical (unpaired) electrons. The van der Waals surface area contributed by atoms with E-state index < -0.39 is 5.97 Å². The summed E-state index contributed by atoms with van der Waals surface area (Å²) in [6.07, 6.45) is 2.72. The summed E-state index contributed by atoms with van der Waals surface area (Å²) < 4.78 is 1.07. The summed E-state index contributed by atoms with van der Waals surface area (Å²) in [5.74, 6) is -0.939. The smallest absolute Gasteiger partial charge is 0.328 e. The molecule has 21 heavy (non-hydrogen) atoms. The van der Waals surface area contributed by atoms with Crippen molar-refractivity contribution in [2.75, 3.05) is 11.9 Å². The zero-order valence-electron chi connectivity index (χ0n) is 11.7. The number of carbonyl (C=O) groups is 1. The first-order valence-corrected chi connectivity index (χ1v) is 7.30. The predicted octanol–water partition coefficient (Wildman–Crippen LogP) is 4.18. The van der Waals surface area contributed by atoms with Gasteiger partial charge in [0.2, 0.25) is 0 Å². The van der Waals surface area contributed by atoms with Gasteiger partial charge in [-0.15, -0.1) is 0 Å². The fraction of sp³-hybridized carbons (Fsp3) is 0.118. The molecule has 2 aromatic rings. The number of anilines is 1. The average molecular weight is 346 g/mol. The number of halogens is 1. The summed E-state index contributed by atoms with van der Waals surface area (Å²) in [4.78, 5) is 12.6. The third kappa shape index (κ3) is 4.76. The number of hydrogen-bond donors (Lipinski definition) is 1. The Kier molecular flexibility index (Phi) is 5.17. The first-order chi connectivity index (χ1) is 10.0. The van der Waals surface area contributed by atoms with Crippen LogP contribution in [0.5, 0.6) is 0 Å². The van der Waals surface area contributed by atoms with Gasteiger partial charge in [0.1, 0.15) is 0 Å². The Morgan fingerprint density at radius 2 is 1.95 bits per heavy atom. The van der Waals surface area contributed by atoms with Gasteiger partial charge in [-0.2, -0.15) is 0 Å². The van der Waals surface area contributed by atoms with Crippen LogP contribution in [0.4, 0.5) is 5.69 Å². The van der Waals surface area contributed by atoms with Crippen LogP contribution in [0, 0.1) is 0 Å². The Labute approximate surface area is 132 Å². The third-order valence-corrected chi connectivity index (χ3v) is 3.55. The van der Waals surface area contributed by atoms with E-state index in [0.717, 1.165) is 28.3 Å². The van der Waals surface area contributed by atoms with E-state index >= 15 is 0 Å². The quantitative estimate of drug-likeness (QED) is 0.826. The zero-order valence-corrected chi connectivity index (χ0v) is 13.2. The summed E-state index contributed by atoms with van der Waals surface area (Å²) in [7, 11) is 2.03. The van der Waals surface area contributed by atoms with Crippen LogP contribution in [0.2, 0.25) is 0 Å². The molecule has 0 heterocycles. The van der Waals surface area contributed by atoms with Crippen molar-refractivity contribution in [3.05, 3.63) is 70.2 Å². The van der Waals surface area contributed by atoms with Gasteiger partial charge in [-0.3, -0.25) is 0 Å². The lowest BCUT2D eigenvalue weighted by Crippen LogP contribution is -2.16. The molecule has 0 aliphatic carbocycles. The van der Waals surface area contributed by atoms with E-state index in [1.165, 1.54) is 5.56 Å². The lowest BCUT2D eigenvalue weighted by molar-refractivity contribution is -0.131. The van der Waals surface area contributed by atoms with Crippen LogP contribution in [-0.4, -0.2) is 18.1 Å². The van der Waals surface area contributed by atoms with Crippen molar-refractivity contribution in [1.29, 1.82) is 0 Å². The first-order valence-electron chi connectivity index (χ1n) is 6.51. The molecule has 0 bridgehead atoms. The van der Waals surface area contributed by atoms with Crippen molar-refractivity contribution in [3.63, 3.8) is 0 Å². The Morgan fingerprint density at radius 3 is 2.57 bits per heavy atom. The Bertz CT molecular complexity index is 650. The van der Waals surface area contributed by atoms with Gasteiger partial charge in [0, 0.05) is 29.8 Å². The van der Waals surface area contributed by atoms with Crippen molar-refractivity contribution >= 4 is 33.7 Å². The fourth-order valence-corrected chi connectivity index (χ4v) is 2.45. The number of carboxylic acid groups (broad SMARTS) is 1. The molecule has 0 aliphatic rings. The van der Waals surface area contributed by atoms with Gasteiger partial charge >= 0.3 is 5.97 Å². The second-order valence-corrected chi connectivity index (χ2v) is 5.66. The molecule has 0 saturated carbocycles. The molecule has 4 heteroatoms. The van der Waals surface area contributed by atoms with Crippen LogP contribution in [0.3, 0.4) is 0 Å². The molecule has 0 fully saturated rings. The zero-order chi connectivity index (χ0) is 15.2. The molecule has 0 spiro atoms. The number of nitrogens with zero attached hydrogens (tertiary/aromatic N) is 1. The average Bonchev–Trinajstić information content (AvgIpc) is 2.45. The number of carboxylic acids is 1. The van der Waals surface area contributed by atoms with E-state index in [0.29, 0.717) is 0 Å². The van der Waals surface area contributed by atoms with Gasteiger partial charge in [0.05, 0.1) is 0 Å². The molecule has 0 amide bonds. The lowest BCUT2D eigenvalue weighted by atomic mass is 10.1. The van der Waals surface area contributed by atoms with E-state index in [1.54, 1.807) is 6.08 Å². The molecule has 0 aliphatic heterocycles. The Morgan fingerprint density at radius 1 is 1.24 bits per heavy atom. The number of hydrogen-bond acceptors (Lipinski definition) is 2. The van der Waals surface area contributed by atoms with Gasteiger partial charge in [0.25, 0.3) is 0 Å². The topological polar surface area (TPSA) is 40.5 Å². The molecular formula is C17H16BrNO2. The fourth-order valence-electron chi connectivity index (χ4n) is 2.01. The highest BCUT2D eigenvalue weighted by atomic mass is 79.9. The van der Waals surface area contributed by atoms with E-state index in [1.807, 2.05) is 43.4 Å². The van der Waals surface area contributed by atoms with Gasteiger partial charge < -0.3 is 10.0 Å². The van der Waals surface area contributed by atoms with Crippen LogP contribution in [0.1, 0.15) is 11.1 Å². The van der Waals surface area contributed by atoms with E-state index in [-0.39, 0.29) is 0 Å². The van der Waals surface area contributed by atoms with Crippen molar-refractivity contribution in [1.82, 2.24) is 0 Å². The van der Waals surface area contributed by atoms with Gasteiger partial charge in [-0.1, -0.05) is 40.2 Å². The van der Waals surface area contributed by atoms with Gasteiger partial charge in [-0.05, 0) is 41.5 Å². The third-order valence-electron chi connectivity index (χ3n) is 3.06. The normalized spacial score (nSPS) is 10.8. The highest BCUT2D eigenvalue weighted by Gasteiger charge is 2.02. The molecule has 3 nitrogen and oxygen atoms in total. The predicted molar refractivity (Wildman–Crippen MR) is 89.4 cm³/mol. The highest BCUT2D eigenvalue weighted by molar-refractivity contribution is 9.10. The van der Waals surface area contributed by atoms with Gasteiger partial charge in [0.15, 0.2) is 0 Å². The van der Waals surface area contributed by atoms with Crippen LogP contribution in [0.25, 0.3) is 6.08 Å². The maximum absolute atomic E-state index is 10.5. The summed E-state index contributed by atoms with van der Waals surface area (Å²) in [5, 5.41) is 8.61. The molecular weight excluding hydrogens is 330 g/mol. The summed E-state index contributed by atoms with van der Waals surface area (Å²) >= 11 is 3.47. The molecule has 0 saturated heterocycles. The van der Waals surface area contributed by atoms with Crippen LogP contribution < -0.4 is 4.90 Å². The van der Waals surface area contributed by atoms with Crippen molar-refractivity contribution in [2.24, 2.45) is 0 Å². The monoisotopic (exact) mass is 345 g/mol. The van der Waals surface area contributed by atoms with Crippen molar-refractivity contribution in [2.45, 2.75) is 6.54 Å². The lowest BCUT2D eigenvalue weighted by Gasteiger charge is -2.19. The summed E-state index contributed by atoms with van der Waals surface area (Å²) in [6.45, 7) is 0.809. The van der Waals surface area contributed by atoms with Crippen LogP contribution >= 0.6 is 15.9 Å². The number of aliphatic carboxylic acids is 1. The minimum Gasteiger partial charge on any atom is -0.478 e. The Balaban J connectivity index is 2.06. The highest BCUT2D eigenvalue weighted by Crippen LogP contribution is 2.19. The molecule has 0 aromatic heterocycles. The molecule has 1 N–H and O–H groups in total. The molecule has 108 valence electrons. The molecule has 0 atom stereocenters. The minimum absolute atomic E-state index is 0.809. The van der Waals surface area contributed by atoms with Crippen LogP contribution in [0.15, 0.2) is 59.1 Å². The second kappa shape index (κ2) is 7.09. The van der Waals surface area contributed by atoms with Crippen molar-refractivity contribution < 1.29 is 9.90 Å². The Hall–Kier alpha value is -2.07. The molecule has 0 unspecified atom stereocenters. The largest absolute Gasteiger partial charge is 0.478 e. The van der Waals surface area contributed by atoms with Crippen LogP contribution in [-0.2, 0) is 11.3 Å². The van der Waals surface area contributed by atoms with E-state index in [4.69, 9.17) is 5.11 Å². The first kappa shape index (κ1) is 15.3. The van der Waals surface area contributed by atoms with Crippen molar-refractivity contribution in [3.8, 4) is 0 Å². The summed E-state index contributed by atoms with van der Waals surface area (Å²) in [6, 6.07) is 16.0. The van der Waals surface area contributed by atoms with E-state index in [9.17, 15) is 4.79 Å². The maximum atomic E-state index is 10.5. The van der Waals surface area contributed by atoms with Gasteiger partial charge in [-0.25, -0.2) is 4.79 Å². The minimum atomic E-state index is -0.939. The summed E-state index contributed by atoms with van der Waals surface area (Å²) in [5.41, 5.74) is 3.18. The number of benzene rings is 2. The molecule has 2 rings (SSSR count). The standard InChI is InChI=1S/C17H16BrNO2/c1-19(12-14-3-2-4-15(18)11-14)16-8-5-13(6-9-16)7-10-17(20)21/h2-11H,12H2,1H3,(H,20,21). The van der Waals surface area contributed by atoms with E-state index in [2.05, 4.69) is 33.0 Å².